The van der Waals surface area contributed by atoms with Crippen LogP contribution in [-0.2, 0) is 0 Å². The zero-order chi connectivity index (χ0) is 13.7. The van der Waals surface area contributed by atoms with E-state index >= 15 is 0 Å². The monoisotopic (exact) mass is 299 g/mol. The number of nitro benzene ring substituents is 1. The molecule has 1 aromatic carbocycles. The van der Waals surface area contributed by atoms with Crippen LogP contribution in [0.15, 0.2) is 24.3 Å². The van der Waals surface area contributed by atoms with E-state index in [4.69, 9.17) is 0 Å². The molecule has 1 aliphatic rings. The van der Waals surface area contributed by atoms with Crippen molar-refractivity contribution < 1.29 is 9.72 Å². The fourth-order valence-corrected chi connectivity index (χ4v) is 2.20. The first-order valence-corrected chi connectivity index (χ1v) is 6.43. The highest BCUT2D eigenvalue weighted by Gasteiger charge is 2.14. The Bertz CT molecular complexity index is 458. The van der Waals surface area contributed by atoms with Gasteiger partial charge in [0.05, 0.1) is 4.92 Å². The molecular formula is C13H18ClN3O3. The smallest absolute Gasteiger partial charge is 0.269 e. The lowest BCUT2D eigenvalue weighted by atomic mass is 10.1. The molecule has 1 fully saturated rings. The van der Waals surface area contributed by atoms with Gasteiger partial charge in [-0.25, -0.2) is 0 Å². The van der Waals surface area contributed by atoms with Crippen molar-refractivity contribution >= 4 is 24.0 Å². The maximum Gasteiger partial charge on any atom is 0.269 e. The predicted octanol–water partition coefficient (Wildman–Crippen LogP) is 1.89. The molecule has 0 radical (unpaired) electrons. The average molecular weight is 300 g/mol. The number of nitrogens with one attached hydrogen (secondary N) is 2. The molecule has 0 spiro atoms. The molecular weight excluding hydrogens is 282 g/mol. The third kappa shape index (κ3) is 4.47. The van der Waals surface area contributed by atoms with Gasteiger partial charge in [-0.15, -0.1) is 12.4 Å². The molecule has 6 nitrogen and oxygen atoms in total. The zero-order valence-corrected chi connectivity index (χ0v) is 11.8. The van der Waals surface area contributed by atoms with Gasteiger partial charge in [-0.3, -0.25) is 14.9 Å². The Morgan fingerprint density at radius 3 is 2.65 bits per heavy atom. The first-order valence-electron chi connectivity index (χ1n) is 6.43. The number of carbonyl (C=O) groups excluding carboxylic acids is 1. The number of nitrogens with zero attached hydrogens (tertiary/aromatic N) is 1. The van der Waals surface area contributed by atoms with Crippen molar-refractivity contribution in [3.8, 4) is 0 Å². The summed E-state index contributed by atoms with van der Waals surface area (Å²) in [4.78, 5) is 21.8. The molecule has 1 saturated heterocycles. The number of hydrogen-bond donors (Lipinski definition) is 2. The van der Waals surface area contributed by atoms with Crippen LogP contribution in [0.1, 0.15) is 29.6 Å². The summed E-state index contributed by atoms with van der Waals surface area (Å²) >= 11 is 0. The minimum atomic E-state index is -0.479. The van der Waals surface area contributed by atoms with Crippen LogP contribution in [0.5, 0.6) is 0 Å². The Morgan fingerprint density at radius 2 is 2.10 bits per heavy atom. The van der Waals surface area contributed by atoms with Gasteiger partial charge in [0.25, 0.3) is 11.6 Å². The number of hydrogen-bond acceptors (Lipinski definition) is 4. The van der Waals surface area contributed by atoms with Gasteiger partial charge >= 0.3 is 0 Å². The van der Waals surface area contributed by atoms with E-state index in [9.17, 15) is 14.9 Å². The molecule has 2 rings (SSSR count). The first kappa shape index (κ1) is 16.4. The summed E-state index contributed by atoms with van der Waals surface area (Å²) in [6, 6.07) is 6.13. The molecule has 1 atom stereocenters. The molecule has 0 aliphatic carbocycles. The van der Waals surface area contributed by atoms with Crippen molar-refractivity contribution in [2.75, 3.05) is 13.1 Å². The summed E-state index contributed by atoms with van der Waals surface area (Å²) < 4.78 is 0. The first-order chi connectivity index (χ1) is 9.16. The average Bonchev–Trinajstić information content (AvgIpc) is 2.92. The SMILES string of the molecule is Cl.O=C(NCC[C@H]1CCCN1)c1ccc([N+](=O)[O-])cc1. The van der Waals surface area contributed by atoms with Crippen LogP contribution in [-0.4, -0.2) is 30.0 Å². The Morgan fingerprint density at radius 1 is 1.40 bits per heavy atom. The van der Waals surface area contributed by atoms with E-state index in [0.29, 0.717) is 18.2 Å². The van der Waals surface area contributed by atoms with Crippen LogP contribution >= 0.6 is 12.4 Å². The summed E-state index contributed by atoms with van der Waals surface area (Å²) in [6.07, 6.45) is 3.27. The summed E-state index contributed by atoms with van der Waals surface area (Å²) in [6.45, 7) is 1.68. The number of halogens is 1. The summed E-state index contributed by atoms with van der Waals surface area (Å²) in [7, 11) is 0. The Labute approximate surface area is 123 Å². The van der Waals surface area contributed by atoms with Gasteiger partial charge in [-0.05, 0) is 37.9 Å². The molecule has 0 unspecified atom stereocenters. The number of amides is 1. The van der Waals surface area contributed by atoms with Crippen molar-refractivity contribution in [3.63, 3.8) is 0 Å². The van der Waals surface area contributed by atoms with Gasteiger partial charge in [0.1, 0.15) is 0 Å². The Kier molecular flexibility index (Phi) is 6.41. The lowest BCUT2D eigenvalue weighted by Crippen LogP contribution is -2.30. The fourth-order valence-electron chi connectivity index (χ4n) is 2.20. The highest BCUT2D eigenvalue weighted by molar-refractivity contribution is 5.94. The second-order valence-electron chi connectivity index (χ2n) is 4.64. The topological polar surface area (TPSA) is 84.3 Å². The third-order valence-corrected chi connectivity index (χ3v) is 3.28. The predicted molar refractivity (Wildman–Crippen MR) is 78.3 cm³/mol. The summed E-state index contributed by atoms with van der Waals surface area (Å²) in [5.74, 6) is -0.187. The molecule has 110 valence electrons. The quantitative estimate of drug-likeness (QED) is 0.642. The second-order valence-corrected chi connectivity index (χ2v) is 4.64. The molecule has 2 N–H and O–H groups in total. The molecule has 1 aliphatic heterocycles. The number of benzene rings is 1. The van der Waals surface area contributed by atoms with Crippen molar-refractivity contribution in [1.29, 1.82) is 0 Å². The number of rotatable bonds is 5. The molecule has 1 heterocycles. The van der Waals surface area contributed by atoms with Crippen molar-refractivity contribution in [1.82, 2.24) is 10.6 Å². The Hall–Kier alpha value is -1.66. The minimum Gasteiger partial charge on any atom is -0.352 e. The van der Waals surface area contributed by atoms with E-state index < -0.39 is 4.92 Å². The van der Waals surface area contributed by atoms with Crippen LogP contribution in [0.3, 0.4) is 0 Å². The van der Waals surface area contributed by atoms with Gasteiger partial charge < -0.3 is 10.6 Å². The minimum absolute atomic E-state index is 0. The molecule has 1 aromatic rings. The lowest BCUT2D eigenvalue weighted by Gasteiger charge is -2.10. The van der Waals surface area contributed by atoms with E-state index in [-0.39, 0.29) is 24.0 Å². The highest BCUT2D eigenvalue weighted by Crippen LogP contribution is 2.12. The van der Waals surface area contributed by atoms with Crippen LogP contribution in [0.25, 0.3) is 0 Å². The van der Waals surface area contributed by atoms with Crippen molar-refractivity contribution in [3.05, 3.63) is 39.9 Å². The van der Waals surface area contributed by atoms with Gasteiger partial charge in [0.2, 0.25) is 0 Å². The Balaban J connectivity index is 0.00000200. The van der Waals surface area contributed by atoms with Gasteiger partial charge in [-0.1, -0.05) is 0 Å². The van der Waals surface area contributed by atoms with Crippen LogP contribution in [0.2, 0.25) is 0 Å². The molecule has 7 heteroatoms. The van der Waals surface area contributed by atoms with Crippen LogP contribution in [0.4, 0.5) is 5.69 Å². The second kappa shape index (κ2) is 7.81. The maximum atomic E-state index is 11.8. The van der Waals surface area contributed by atoms with Gasteiger partial charge in [0, 0.05) is 30.3 Å². The van der Waals surface area contributed by atoms with Crippen molar-refractivity contribution in [2.45, 2.75) is 25.3 Å². The largest absolute Gasteiger partial charge is 0.352 e. The normalized spacial score (nSPS) is 17.3. The van der Waals surface area contributed by atoms with E-state index in [1.165, 1.54) is 30.7 Å². The summed E-state index contributed by atoms with van der Waals surface area (Å²) in [5, 5.41) is 16.7. The standard InChI is InChI=1S/C13H17N3O3.ClH/c17-13(15-9-7-11-2-1-8-14-11)10-3-5-12(6-4-10)16(18)19;/h3-6,11,14H,1-2,7-9H2,(H,15,17);1H/t11-;/m1./s1. The molecule has 0 bridgehead atoms. The van der Waals surface area contributed by atoms with E-state index in [0.717, 1.165) is 19.4 Å². The fraction of sp³-hybridized carbons (Fsp3) is 0.462. The molecule has 20 heavy (non-hydrogen) atoms. The van der Waals surface area contributed by atoms with Gasteiger partial charge in [-0.2, -0.15) is 0 Å². The van der Waals surface area contributed by atoms with E-state index in [1.807, 2.05) is 0 Å². The number of non-ortho nitro benzene ring substituents is 1. The van der Waals surface area contributed by atoms with Crippen molar-refractivity contribution in [2.24, 2.45) is 0 Å². The molecule has 1 amide bonds. The van der Waals surface area contributed by atoms with E-state index in [1.54, 1.807) is 0 Å². The maximum absolute atomic E-state index is 11.8. The highest BCUT2D eigenvalue weighted by atomic mass is 35.5. The molecule has 0 saturated carbocycles. The number of carbonyl (C=O) groups is 1. The number of nitro groups is 1. The summed E-state index contributed by atoms with van der Waals surface area (Å²) in [5.41, 5.74) is 0.441. The third-order valence-electron chi connectivity index (χ3n) is 3.28. The lowest BCUT2D eigenvalue weighted by molar-refractivity contribution is -0.384. The zero-order valence-electron chi connectivity index (χ0n) is 11.0. The van der Waals surface area contributed by atoms with Crippen LogP contribution < -0.4 is 10.6 Å². The molecule has 0 aromatic heterocycles. The van der Waals surface area contributed by atoms with E-state index in [2.05, 4.69) is 10.6 Å². The van der Waals surface area contributed by atoms with Crippen LogP contribution in [0, 0.1) is 10.1 Å². The van der Waals surface area contributed by atoms with Gasteiger partial charge in [0.15, 0.2) is 0 Å².